The summed E-state index contributed by atoms with van der Waals surface area (Å²) in [6, 6.07) is 6.14. The first-order valence-corrected chi connectivity index (χ1v) is 4.57. The van der Waals surface area contributed by atoms with Crippen LogP contribution in [0.25, 0.3) is 10.9 Å². The predicted molar refractivity (Wildman–Crippen MR) is 57.6 cm³/mol. The van der Waals surface area contributed by atoms with Crippen LogP contribution in [0.3, 0.4) is 0 Å². The van der Waals surface area contributed by atoms with Crippen LogP contribution in [0.5, 0.6) is 5.75 Å². The van der Waals surface area contributed by atoms with E-state index in [1.54, 1.807) is 12.1 Å². The average molecular weight is 219 g/mol. The van der Waals surface area contributed by atoms with E-state index in [9.17, 15) is 14.7 Å². The molecule has 2 aromatic rings. The number of methoxy groups -OCH3 is 1. The van der Waals surface area contributed by atoms with Crippen molar-refractivity contribution in [3.8, 4) is 5.75 Å². The van der Waals surface area contributed by atoms with Gasteiger partial charge in [0.1, 0.15) is 11.3 Å². The summed E-state index contributed by atoms with van der Waals surface area (Å²) in [5.41, 5.74) is -0.360. The predicted octanol–water partition coefficient (Wildman–Crippen LogP) is 1.02. The zero-order valence-corrected chi connectivity index (χ0v) is 8.48. The number of carbonyl (C=O) groups is 1. The van der Waals surface area contributed by atoms with Crippen molar-refractivity contribution < 1.29 is 14.6 Å². The molecule has 2 rings (SSSR count). The number of phenolic OH excluding ortho intramolecular Hbond substituents is 1. The minimum absolute atomic E-state index is 0.0361. The van der Waals surface area contributed by atoms with Gasteiger partial charge in [-0.25, -0.2) is 4.79 Å². The third-order valence-electron chi connectivity index (χ3n) is 2.26. The van der Waals surface area contributed by atoms with Crippen LogP contribution in [0.2, 0.25) is 0 Å². The Hall–Kier alpha value is -2.30. The van der Waals surface area contributed by atoms with Crippen LogP contribution in [0, 0.1) is 0 Å². The van der Waals surface area contributed by atoms with Gasteiger partial charge in [0.15, 0.2) is 0 Å². The number of H-pyrrole nitrogens is 1. The second kappa shape index (κ2) is 3.69. The number of nitrogens with one attached hydrogen (secondary N) is 1. The van der Waals surface area contributed by atoms with Gasteiger partial charge in [0, 0.05) is 5.39 Å². The molecule has 1 heterocycles. The Bertz CT molecular complexity index is 615. The van der Waals surface area contributed by atoms with Gasteiger partial charge in [-0.1, -0.05) is 12.1 Å². The van der Waals surface area contributed by atoms with Gasteiger partial charge in [-0.05, 0) is 12.1 Å². The number of esters is 1. The number of phenols is 1. The first-order valence-electron chi connectivity index (χ1n) is 4.57. The van der Waals surface area contributed by atoms with Crippen molar-refractivity contribution >= 4 is 16.9 Å². The molecular weight excluding hydrogens is 210 g/mol. The van der Waals surface area contributed by atoms with Crippen molar-refractivity contribution in [3.05, 3.63) is 40.2 Å². The number of pyridine rings is 1. The van der Waals surface area contributed by atoms with E-state index >= 15 is 0 Å². The summed E-state index contributed by atoms with van der Waals surface area (Å²) in [5, 5.41) is 10.1. The highest BCUT2D eigenvalue weighted by molar-refractivity contribution is 5.94. The number of hydrogen-bond donors (Lipinski definition) is 2. The zero-order valence-electron chi connectivity index (χ0n) is 8.48. The minimum Gasteiger partial charge on any atom is -0.506 e. The minimum atomic E-state index is -0.702. The highest BCUT2D eigenvalue weighted by atomic mass is 16.5. The van der Waals surface area contributed by atoms with Gasteiger partial charge in [-0.3, -0.25) is 4.79 Å². The fraction of sp³-hybridized carbons (Fsp3) is 0.0909. The molecule has 0 saturated carbocycles. The van der Waals surface area contributed by atoms with Crippen molar-refractivity contribution in [1.82, 2.24) is 4.98 Å². The van der Waals surface area contributed by atoms with Crippen LogP contribution in [0.15, 0.2) is 29.1 Å². The molecule has 82 valence electrons. The lowest BCUT2D eigenvalue weighted by molar-refractivity contribution is 0.0599. The van der Waals surface area contributed by atoms with Crippen LogP contribution in [-0.2, 0) is 4.74 Å². The van der Waals surface area contributed by atoms with Crippen LogP contribution in [0.4, 0.5) is 0 Å². The maximum absolute atomic E-state index is 11.5. The molecule has 0 aliphatic rings. The average Bonchev–Trinajstić information content (AvgIpc) is 2.29. The molecule has 0 radical (unpaired) electrons. The molecule has 0 fully saturated rings. The molecule has 16 heavy (non-hydrogen) atoms. The molecule has 5 nitrogen and oxygen atoms in total. The van der Waals surface area contributed by atoms with Crippen molar-refractivity contribution in [1.29, 1.82) is 0 Å². The Morgan fingerprint density at radius 2 is 2.19 bits per heavy atom. The molecule has 0 aliphatic heterocycles. The topological polar surface area (TPSA) is 79.4 Å². The molecule has 0 amide bonds. The number of fused-ring (bicyclic) bond motifs is 1. The highest BCUT2D eigenvalue weighted by Gasteiger charge is 2.12. The van der Waals surface area contributed by atoms with Crippen LogP contribution in [-0.4, -0.2) is 23.2 Å². The van der Waals surface area contributed by atoms with E-state index in [1.165, 1.54) is 19.2 Å². The fourth-order valence-electron chi connectivity index (χ4n) is 1.48. The third kappa shape index (κ3) is 1.52. The van der Waals surface area contributed by atoms with Crippen LogP contribution < -0.4 is 5.56 Å². The molecule has 2 N–H and O–H groups in total. The highest BCUT2D eigenvalue weighted by Crippen LogP contribution is 2.21. The van der Waals surface area contributed by atoms with E-state index in [0.717, 1.165) is 0 Å². The Labute approximate surface area is 90.3 Å². The number of aromatic nitrogens is 1. The van der Waals surface area contributed by atoms with Crippen molar-refractivity contribution in [2.45, 2.75) is 0 Å². The smallest absolute Gasteiger partial charge is 0.343 e. The van der Waals surface area contributed by atoms with E-state index in [4.69, 9.17) is 0 Å². The summed E-state index contributed by atoms with van der Waals surface area (Å²) >= 11 is 0. The fourth-order valence-corrected chi connectivity index (χ4v) is 1.48. The molecule has 0 unspecified atom stereocenters. The molecule has 0 bridgehead atoms. The number of carbonyl (C=O) groups excluding carboxylic acids is 1. The lowest BCUT2D eigenvalue weighted by Crippen LogP contribution is -2.18. The van der Waals surface area contributed by atoms with Gasteiger partial charge in [-0.2, -0.15) is 0 Å². The third-order valence-corrected chi connectivity index (χ3v) is 2.26. The van der Waals surface area contributed by atoms with E-state index < -0.39 is 11.5 Å². The number of aromatic hydroxyl groups is 1. The first kappa shape index (κ1) is 10.2. The Balaban J connectivity index is 2.78. The molecular formula is C11H9NO4. The van der Waals surface area contributed by atoms with Crippen molar-refractivity contribution in [2.24, 2.45) is 0 Å². The number of benzene rings is 1. The summed E-state index contributed by atoms with van der Waals surface area (Å²) < 4.78 is 4.47. The Morgan fingerprint density at radius 3 is 2.88 bits per heavy atom. The van der Waals surface area contributed by atoms with Gasteiger partial charge < -0.3 is 14.8 Å². The molecule has 0 atom stereocenters. The van der Waals surface area contributed by atoms with Gasteiger partial charge in [0.25, 0.3) is 5.56 Å². The number of ether oxygens (including phenoxy) is 1. The van der Waals surface area contributed by atoms with Crippen LogP contribution in [0.1, 0.15) is 10.4 Å². The lowest BCUT2D eigenvalue weighted by Gasteiger charge is -2.02. The number of hydrogen-bond acceptors (Lipinski definition) is 4. The lowest BCUT2D eigenvalue weighted by atomic mass is 10.1. The zero-order chi connectivity index (χ0) is 11.7. The SMILES string of the molecule is COC(=O)c1cc2cccc(O)c2[nH]c1=O. The standard InChI is InChI=1S/C11H9NO4/c1-16-11(15)7-5-6-3-2-4-8(13)9(6)12-10(7)14/h2-5,13H,1H3,(H,12,14). The largest absolute Gasteiger partial charge is 0.506 e. The van der Waals surface area contributed by atoms with Gasteiger partial charge >= 0.3 is 5.97 Å². The molecule has 0 saturated heterocycles. The molecule has 5 heteroatoms. The normalized spacial score (nSPS) is 10.3. The Kier molecular flexibility index (Phi) is 2.36. The van der Waals surface area contributed by atoms with E-state index in [1.807, 2.05) is 0 Å². The van der Waals surface area contributed by atoms with E-state index in [2.05, 4.69) is 9.72 Å². The second-order valence-corrected chi connectivity index (χ2v) is 3.25. The maximum Gasteiger partial charge on any atom is 0.343 e. The molecule has 1 aromatic heterocycles. The van der Waals surface area contributed by atoms with Gasteiger partial charge in [-0.15, -0.1) is 0 Å². The second-order valence-electron chi connectivity index (χ2n) is 3.25. The summed E-state index contributed by atoms with van der Waals surface area (Å²) in [6.07, 6.45) is 0. The van der Waals surface area contributed by atoms with E-state index in [0.29, 0.717) is 10.9 Å². The maximum atomic E-state index is 11.5. The summed E-state index contributed by atoms with van der Waals surface area (Å²) in [6.45, 7) is 0. The molecule has 0 aliphatic carbocycles. The summed E-state index contributed by atoms with van der Waals surface area (Å²) in [7, 11) is 1.20. The molecule has 1 aromatic carbocycles. The van der Waals surface area contributed by atoms with Crippen LogP contribution >= 0.6 is 0 Å². The number of rotatable bonds is 1. The number of aromatic amines is 1. The summed E-state index contributed by atoms with van der Waals surface area (Å²) in [5.74, 6) is -0.738. The number of para-hydroxylation sites is 1. The molecule has 0 spiro atoms. The first-order chi connectivity index (χ1) is 7.63. The monoisotopic (exact) mass is 219 g/mol. The van der Waals surface area contributed by atoms with Crippen molar-refractivity contribution in [2.75, 3.05) is 7.11 Å². The Morgan fingerprint density at radius 1 is 1.44 bits per heavy atom. The summed E-state index contributed by atoms with van der Waals surface area (Å²) in [4.78, 5) is 25.2. The quantitative estimate of drug-likeness (QED) is 0.702. The van der Waals surface area contributed by atoms with E-state index in [-0.39, 0.29) is 11.3 Å². The van der Waals surface area contributed by atoms with Gasteiger partial charge in [0.2, 0.25) is 0 Å². The van der Waals surface area contributed by atoms with Gasteiger partial charge in [0.05, 0.1) is 12.6 Å². The van der Waals surface area contributed by atoms with Crippen molar-refractivity contribution in [3.63, 3.8) is 0 Å².